The summed E-state index contributed by atoms with van der Waals surface area (Å²) >= 11 is 0. The average Bonchev–Trinajstić information content (AvgIpc) is 1.83. The maximum absolute atomic E-state index is 10.5. The standard InChI is InChI=1S/C6H14O3S/c1-4-5(2)6(3)10(7,8)9/h5-6H,4H2,1-3H3,(H,7,8,9). The summed E-state index contributed by atoms with van der Waals surface area (Å²) in [5.74, 6) is 0.0231. The molecule has 0 rings (SSSR count). The van der Waals surface area contributed by atoms with Crippen molar-refractivity contribution in [2.75, 3.05) is 0 Å². The monoisotopic (exact) mass is 166 g/mol. The molecule has 0 saturated heterocycles. The molecule has 0 aromatic heterocycles. The highest BCUT2D eigenvalue weighted by Crippen LogP contribution is 2.13. The third-order valence-electron chi connectivity index (χ3n) is 1.92. The van der Waals surface area contributed by atoms with Gasteiger partial charge in [-0.05, 0) is 12.8 Å². The molecule has 3 nitrogen and oxygen atoms in total. The van der Waals surface area contributed by atoms with Crippen LogP contribution in [0, 0.1) is 5.92 Å². The van der Waals surface area contributed by atoms with Crippen molar-refractivity contribution >= 4 is 10.1 Å². The van der Waals surface area contributed by atoms with Crippen LogP contribution in [0.5, 0.6) is 0 Å². The van der Waals surface area contributed by atoms with E-state index in [4.69, 9.17) is 4.55 Å². The van der Waals surface area contributed by atoms with E-state index in [1.165, 1.54) is 6.92 Å². The summed E-state index contributed by atoms with van der Waals surface area (Å²) in [6.45, 7) is 5.22. The van der Waals surface area contributed by atoms with E-state index in [0.717, 1.165) is 6.42 Å². The van der Waals surface area contributed by atoms with Crippen LogP contribution in [-0.2, 0) is 10.1 Å². The minimum absolute atomic E-state index is 0.0231. The number of hydrogen-bond acceptors (Lipinski definition) is 2. The second kappa shape index (κ2) is 3.34. The van der Waals surface area contributed by atoms with E-state index in [-0.39, 0.29) is 5.92 Å². The SMILES string of the molecule is CCC(C)C(C)S(=O)(=O)O. The lowest BCUT2D eigenvalue weighted by molar-refractivity contribution is 0.436. The number of hydrogen-bond donors (Lipinski definition) is 1. The molecule has 1 N–H and O–H groups in total. The van der Waals surface area contributed by atoms with Crippen LogP contribution in [0.4, 0.5) is 0 Å². The minimum atomic E-state index is -3.81. The van der Waals surface area contributed by atoms with Gasteiger partial charge >= 0.3 is 0 Å². The molecule has 0 aromatic carbocycles. The molecule has 0 spiro atoms. The van der Waals surface area contributed by atoms with Crippen LogP contribution in [-0.4, -0.2) is 18.2 Å². The Labute approximate surface area is 62.2 Å². The first-order valence-corrected chi connectivity index (χ1v) is 4.86. The van der Waals surface area contributed by atoms with Crippen molar-refractivity contribution in [3.8, 4) is 0 Å². The molecule has 0 aliphatic heterocycles. The summed E-state index contributed by atoms with van der Waals surface area (Å²) in [4.78, 5) is 0. The van der Waals surface area contributed by atoms with Gasteiger partial charge in [-0.15, -0.1) is 0 Å². The first-order chi connectivity index (χ1) is 4.39. The third-order valence-corrected chi connectivity index (χ3v) is 3.32. The molecule has 2 unspecified atom stereocenters. The smallest absolute Gasteiger partial charge is 0.267 e. The maximum Gasteiger partial charge on any atom is 0.267 e. The van der Waals surface area contributed by atoms with Crippen molar-refractivity contribution in [1.29, 1.82) is 0 Å². The van der Waals surface area contributed by atoms with Crippen LogP contribution in [0.2, 0.25) is 0 Å². The fraction of sp³-hybridized carbons (Fsp3) is 1.00. The van der Waals surface area contributed by atoms with Crippen molar-refractivity contribution in [2.45, 2.75) is 32.4 Å². The Balaban J connectivity index is 4.23. The zero-order valence-electron chi connectivity index (χ0n) is 6.53. The van der Waals surface area contributed by atoms with Crippen LogP contribution < -0.4 is 0 Å². The van der Waals surface area contributed by atoms with Gasteiger partial charge < -0.3 is 0 Å². The Bertz CT molecular complexity index is 183. The van der Waals surface area contributed by atoms with Gasteiger partial charge in [-0.25, -0.2) is 0 Å². The largest absolute Gasteiger partial charge is 0.285 e. The van der Waals surface area contributed by atoms with Crippen molar-refractivity contribution < 1.29 is 13.0 Å². The summed E-state index contributed by atoms with van der Waals surface area (Å²) in [6.07, 6.45) is 0.765. The lowest BCUT2D eigenvalue weighted by Gasteiger charge is -2.13. The molecule has 10 heavy (non-hydrogen) atoms. The summed E-state index contributed by atoms with van der Waals surface area (Å²) in [7, 11) is -3.81. The van der Waals surface area contributed by atoms with E-state index >= 15 is 0 Å². The van der Waals surface area contributed by atoms with Gasteiger partial charge in [0.05, 0.1) is 5.25 Å². The summed E-state index contributed by atoms with van der Waals surface area (Å²) in [5.41, 5.74) is 0. The minimum Gasteiger partial charge on any atom is -0.285 e. The van der Waals surface area contributed by atoms with Crippen molar-refractivity contribution in [3.05, 3.63) is 0 Å². The van der Waals surface area contributed by atoms with Crippen LogP contribution >= 0.6 is 0 Å². The van der Waals surface area contributed by atoms with E-state index < -0.39 is 15.4 Å². The van der Waals surface area contributed by atoms with Crippen molar-refractivity contribution in [3.63, 3.8) is 0 Å². The van der Waals surface area contributed by atoms with E-state index in [2.05, 4.69) is 0 Å². The normalized spacial score (nSPS) is 18.4. The van der Waals surface area contributed by atoms with Crippen LogP contribution in [0.3, 0.4) is 0 Å². The van der Waals surface area contributed by atoms with Crippen molar-refractivity contribution in [1.82, 2.24) is 0 Å². The topological polar surface area (TPSA) is 54.4 Å². The maximum atomic E-state index is 10.5. The zero-order valence-corrected chi connectivity index (χ0v) is 7.35. The van der Waals surface area contributed by atoms with Gasteiger partial charge in [-0.1, -0.05) is 20.3 Å². The fourth-order valence-electron chi connectivity index (χ4n) is 0.625. The fourth-order valence-corrected chi connectivity index (χ4v) is 1.41. The molecule has 0 aromatic rings. The molecule has 0 aliphatic carbocycles. The Kier molecular flexibility index (Phi) is 3.31. The van der Waals surface area contributed by atoms with Crippen molar-refractivity contribution in [2.24, 2.45) is 5.92 Å². The highest BCUT2D eigenvalue weighted by molar-refractivity contribution is 7.86. The third kappa shape index (κ3) is 2.66. The second-order valence-corrected chi connectivity index (χ2v) is 4.38. The molecule has 0 saturated carbocycles. The molecule has 0 bridgehead atoms. The summed E-state index contributed by atoms with van der Waals surface area (Å²) < 4.78 is 29.5. The Morgan fingerprint density at radius 2 is 1.80 bits per heavy atom. The zero-order chi connectivity index (χ0) is 8.36. The van der Waals surface area contributed by atoms with E-state index in [0.29, 0.717) is 0 Å². The first-order valence-electron chi connectivity index (χ1n) is 3.35. The lowest BCUT2D eigenvalue weighted by atomic mass is 10.1. The molecule has 0 amide bonds. The molecule has 0 aliphatic rings. The van der Waals surface area contributed by atoms with Crippen LogP contribution in [0.25, 0.3) is 0 Å². The second-order valence-electron chi connectivity index (χ2n) is 2.61. The molecule has 0 fully saturated rings. The number of rotatable bonds is 3. The van der Waals surface area contributed by atoms with Crippen LogP contribution in [0.1, 0.15) is 27.2 Å². The molecule has 62 valence electrons. The summed E-state index contributed by atoms with van der Waals surface area (Å²) in [6, 6.07) is 0. The highest BCUT2D eigenvalue weighted by Gasteiger charge is 2.22. The highest BCUT2D eigenvalue weighted by atomic mass is 32.2. The van der Waals surface area contributed by atoms with Gasteiger partial charge in [0.2, 0.25) is 0 Å². The van der Waals surface area contributed by atoms with Gasteiger partial charge in [0.25, 0.3) is 10.1 Å². The molecule has 4 heteroatoms. The van der Waals surface area contributed by atoms with Gasteiger partial charge in [0.15, 0.2) is 0 Å². The molecule has 0 radical (unpaired) electrons. The average molecular weight is 166 g/mol. The molecule has 0 heterocycles. The first kappa shape index (κ1) is 9.91. The van der Waals surface area contributed by atoms with E-state index in [1.54, 1.807) is 6.92 Å². The Morgan fingerprint density at radius 1 is 1.40 bits per heavy atom. The molecular weight excluding hydrogens is 152 g/mol. The Hall–Kier alpha value is -0.0900. The quantitative estimate of drug-likeness (QED) is 0.643. The lowest BCUT2D eigenvalue weighted by Crippen LogP contribution is -2.23. The van der Waals surface area contributed by atoms with Gasteiger partial charge in [-0.2, -0.15) is 8.42 Å². The van der Waals surface area contributed by atoms with Gasteiger partial charge in [0, 0.05) is 0 Å². The summed E-state index contributed by atoms with van der Waals surface area (Å²) in [5, 5.41) is -0.641. The molecule has 2 atom stereocenters. The van der Waals surface area contributed by atoms with Crippen LogP contribution in [0.15, 0.2) is 0 Å². The predicted octanol–water partition coefficient (Wildman–Crippen LogP) is 1.31. The van der Waals surface area contributed by atoms with Gasteiger partial charge in [0.1, 0.15) is 0 Å². The molecular formula is C6H14O3S. The predicted molar refractivity (Wildman–Crippen MR) is 40.5 cm³/mol. The van der Waals surface area contributed by atoms with E-state index in [9.17, 15) is 8.42 Å². The van der Waals surface area contributed by atoms with E-state index in [1.807, 2.05) is 6.92 Å². The van der Waals surface area contributed by atoms with Gasteiger partial charge in [-0.3, -0.25) is 4.55 Å². The Morgan fingerprint density at radius 3 is 1.90 bits per heavy atom.